The molecule has 0 fully saturated rings. The molecule has 6 nitrogen and oxygen atoms in total. The molecule has 1 N–H and O–H groups in total. The molecule has 1 aliphatic rings. The number of hydrogen-bond donors (Lipinski definition) is 1. The Hall–Kier alpha value is -2.38. The first kappa shape index (κ1) is 18.4. The number of rotatable bonds is 5. The molecule has 138 valence electrons. The number of hydrogen-bond acceptors (Lipinski definition) is 3. The minimum Gasteiger partial charge on any atom is -0.312 e. The van der Waals surface area contributed by atoms with Crippen molar-refractivity contribution in [2.45, 2.75) is 19.3 Å². The Kier molecular flexibility index (Phi) is 5.29. The Morgan fingerprint density at radius 3 is 2.50 bits per heavy atom. The molecule has 1 heterocycles. The number of anilines is 2. The largest absolute Gasteiger partial charge is 0.312 e. The zero-order valence-corrected chi connectivity index (χ0v) is 15.8. The SMILES string of the molecule is CN(C)S(=O)(=O)Nc1ccc(CC(=O)N2CCCc3ccccc32)cc1. The summed E-state index contributed by atoms with van der Waals surface area (Å²) in [5, 5.41) is 0. The summed E-state index contributed by atoms with van der Waals surface area (Å²) in [4.78, 5) is 14.6. The number of amides is 1. The van der Waals surface area contributed by atoms with E-state index in [4.69, 9.17) is 0 Å². The van der Waals surface area contributed by atoms with Gasteiger partial charge in [0.15, 0.2) is 0 Å². The van der Waals surface area contributed by atoms with Gasteiger partial charge in [-0.25, -0.2) is 0 Å². The quantitative estimate of drug-likeness (QED) is 0.875. The maximum atomic E-state index is 12.7. The Balaban J connectivity index is 1.69. The highest BCUT2D eigenvalue weighted by Gasteiger charge is 2.22. The summed E-state index contributed by atoms with van der Waals surface area (Å²) in [6.07, 6.45) is 2.25. The van der Waals surface area contributed by atoms with Crippen molar-refractivity contribution in [2.24, 2.45) is 0 Å². The lowest BCUT2D eigenvalue weighted by Gasteiger charge is -2.29. The van der Waals surface area contributed by atoms with E-state index in [1.54, 1.807) is 24.3 Å². The first-order chi connectivity index (χ1) is 12.4. The van der Waals surface area contributed by atoms with E-state index in [-0.39, 0.29) is 12.3 Å². The monoisotopic (exact) mass is 373 g/mol. The molecule has 26 heavy (non-hydrogen) atoms. The zero-order valence-electron chi connectivity index (χ0n) is 15.0. The van der Waals surface area contributed by atoms with Crippen LogP contribution in [-0.2, 0) is 27.8 Å². The van der Waals surface area contributed by atoms with Crippen molar-refractivity contribution in [3.8, 4) is 0 Å². The normalized spacial score (nSPS) is 14.2. The fraction of sp³-hybridized carbons (Fsp3) is 0.316. The molecule has 0 atom stereocenters. The molecule has 0 aromatic heterocycles. The lowest BCUT2D eigenvalue weighted by Crippen LogP contribution is -2.36. The van der Waals surface area contributed by atoms with E-state index in [0.717, 1.165) is 34.9 Å². The summed E-state index contributed by atoms with van der Waals surface area (Å²) in [7, 11) is -0.601. The van der Waals surface area contributed by atoms with E-state index in [1.807, 2.05) is 23.1 Å². The van der Waals surface area contributed by atoms with Gasteiger partial charge in [0.25, 0.3) is 0 Å². The number of carbonyl (C=O) groups excluding carboxylic acids is 1. The average molecular weight is 373 g/mol. The molecule has 0 bridgehead atoms. The fourth-order valence-electron chi connectivity index (χ4n) is 2.99. The Morgan fingerprint density at radius 1 is 1.12 bits per heavy atom. The molecule has 3 rings (SSSR count). The zero-order chi connectivity index (χ0) is 18.7. The van der Waals surface area contributed by atoms with Crippen LogP contribution in [0.3, 0.4) is 0 Å². The van der Waals surface area contributed by atoms with Crippen LogP contribution >= 0.6 is 0 Å². The predicted molar refractivity (Wildman–Crippen MR) is 103 cm³/mol. The van der Waals surface area contributed by atoms with E-state index < -0.39 is 10.2 Å². The minimum atomic E-state index is -3.53. The number of fused-ring (bicyclic) bond motifs is 1. The molecule has 0 saturated carbocycles. The lowest BCUT2D eigenvalue weighted by molar-refractivity contribution is -0.118. The van der Waals surface area contributed by atoms with Gasteiger partial charge in [-0.2, -0.15) is 12.7 Å². The van der Waals surface area contributed by atoms with Crippen LogP contribution in [0.2, 0.25) is 0 Å². The van der Waals surface area contributed by atoms with Gasteiger partial charge in [-0.3, -0.25) is 9.52 Å². The summed E-state index contributed by atoms with van der Waals surface area (Å²) in [5.74, 6) is 0.0544. The second-order valence-electron chi connectivity index (χ2n) is 6.54. The van der Waals surface area contributed by atoms with Gasteiger partial charge in [-0.15, -0.1) is 0 Å². The molecule has 0 radical (unpaired) electrons. The van der Waals surface area contributed by atoms with Crippen molar-refractivity contribution < 1.29 is 13.2 Å². The van der Waals surface area contributed by atoms with E-state index in [9.17, 15) is 13.2 Å². The van der Waals surface area contributed by atoms with Crippen molar-refractivity contribution >= 4 is 27.5 Å². The third-order valence-electron chi connectivity index (χ3n) is 4.45. The Bertz CT molecular complexity index is 893. The Labute approximate surface area is 154 Å². The van der Waals surface area contributed by atoms with Gasteiger partial charge in [0.05, 0.1) is 6.42 Å². The van der Waals surface area contributed by atoms with Crippen LogP contribution in [0.5, 0.6) is 0 Å². The number of para-hydroxylation sites is 1. The molecule has 0 spiro atoms. The second kappa shape index (κ2) is 7.47. The molecular formula is C19H23N3O3S. The third-order valence-corrected chi connectivity index (χ3v) is 5.90. The van der Waals surface area contributed by atoms with Crippen LogP contribution in [0.15, 0.2) is 48.5 Å². The van der Waals surface area contributed by atoms with Gasteiger partial charge in [-0.05, 0) is 42.2 Å². The van der Waals surface area contributed by atoms with Gasteiger partial charge >= 0.3 is 10.2 Å². The van der Waals surface area contributed by atoms with Gasteiger partial charge < -0.3 is 4.90 Å². The fourth-order valence-corrected chi connectivity index (χ4v) is 3.61. The van der Waals surface area contributed by atoms with Gasteiger partial charge in [-0.1, -0.05) is 30.3 Å². The van der Waals surface area contributed by atoms with Crippen LogP contribution in [0.4, 0.5) is 11.4 Å². The summed E-state index contributed by atoms with van der Waals surface area (Å²) in [5.41, 5.74) is 3.53. The number of carbonyl (C=O) groups is 1. The van der Waals surface area contributed by atoms with E-state index >= 15 is 0 Å². The van der Waals surface area contributed by atoms with Gasteiger partial charge in [0.2, 0.25) is 5.91 Å². The maximum absolute atomic E-state index is 12.7. The van der Waals surface area contributed by atoms with E-state index in [0.29, 0.717) is 5.69 Å². The molecule has 2 aromatic carbocycles. The first-order valence-corrected chi connectivity index (χ1v) is 9.98. The van der Waals surface area contributed by atoms with Crippen molar-refractivity contribution in [1.82, 2.24) is 4.31 Å². The Morgan fingerprint density at radius 2 is 1.81 bits per heavy atom. The average Bonchev–Trinajstić information content (AvgIpc) is 2.62. The molecule has 0 saturated heterocycles. The number of benzene rings is 2. The molecule has 1 aliphatic heterocycles. The number of nitrogens with one attached hydrogen (secondary N) is 1. The topological polar surface area (TPSA) is 69.7 Å². The summed E-state index contributed by atoms with van der Waals surface area (Å²) in [6.45, 7) is 0.733. The lowest BCUT2D eigenvalue weighted by atomic mass is 10.0. The molecule has 0 unspecified atom stereocenters. The van der Waals surface area contributed by atoms with Gasteiger partial charge in [0.1, 0.15) is 0 Å². The van der Waals surface area contributed by atoms with Crippen LogP contribution in [0.1, 0.15) is 17.5 Å². The second-order valence-corrected chi connectivity index (χ2v) is 8.43. The smallest absolute Gasteiger partial charge is 0.301 e. The minimum absolute atomic E-state index is 0.0544. The standard InChI is InChI=1S/C19H23N3O3S/c1-21(2)26(24,25)20-17-11-9-15(10-12-17)14-19(23)22-13-5-7-16-6-3-4-8-18(16)22/h3-4,6,8-12,20H,5,7,13-14H2,1-2H3. The van der Waals surface area contributed by atoms with Crippen LogP contribution in [-0.4, -0.2) is 39.3 Å². The summed E-state index contributed by atoms with van der Waals surface area (Å²) >= 11 is 0. The summed E-state index contributed by atoms with van der Waals surface area (Å²) in [6, 6.07) is 14.9. The molecular weight excluding hydrogens is 350 g/mol. The van der Waals surface area contributed by atoms with Crippen molar-refractivity contribution in [3.05, 3.63) is 59.7 Å². The van der Waals surface area contributed by atoms with Crippen LogP contribution in [0.25, 0.3) is 0 Å². The molecule has 1 amide bonds. The van der Waals surface area contributed by atoms with E-state index in [1.165, 1.54) is 19.7 Å². The summed E-state index contributed by atoms with van der Waals surface area (Å²) < 4.78 is 27.3. The number of nitrogens with zero attached hydrogens (tertiary/aromatic N) is 2. The third kappa shape index (κ3) is 4.05. The highest BCUT2D eigenvalue weighted by atomic mass is 32.2. The van der Waals surface area contributed by atoms with Crippen LogP contribution < -0.4 is 9.62 Å². The maximum Gasteiger partial charge on any atom is 0.301 e. The highest BCUT2D eigenvalue weighted by molar-refractivity contribution is 7.90. The van der Waals surface area contributed by atoms with Crippen LogP contribution in [0, 0.1) is 0 Å². The first-order valence-electron chi connectivity index (χ1n) is 8.54. The van der Waals surface area contributed by atoms with Gasteiger partial charge in [0, 0.05) is 32.0 Å². The molecule has 7 heteroatoms. The number of aryl methyl sites for hydroxylation is 1. The predicted octanol–water partition coefficient (Wildman–Crippen LogP) is 2.43. The molecule has 2 aromatic rings. The highest BCUT2D eigenvalue weighted by Crippen LogP contribution is 2.27. The van der Waals surface area contributed by atoms with E-state index in [2.05, 4.69) is 10.8 Å². The van der Waals surface area contributed by atoms with Crippen molar-refractivity contribution in [3.63, 3.8) is 0 Å². The van der Waals surface area contributed by atoms with Crippen molar-refractivity contribution in [2.75, 3.05) is 30.3 Å². The molecule has 0 aliphatic carbocycles. The van der Waals surface area contributed by atoms with Crippen molar-refractivity contribution in [1.29, 1.82) is 0 Å².